The Hall–Kier alpha value is -1.03. The molecule has 0 aromatic heterocycles. The molecule has 0 atom stereocenters. The summed E-state index contributed by atoms with van der Waals surface area (Å²) < 4.78 is 0. The van der Waals surface area contributed by atoms with E-state index in [9.17, 15) is 4.79 Å². The SMILES string of the molecule is C=C(C(=O)O)N(C)CCO. The first-order valence-electron chi connectivity index (χ1n) is 2.83. The molecule has 0 fully saturated rings. The van der Waals surface area contributed by atoms with Crippen molar-refractivity contribution in [2.75, 3.05) is 20.2 Å². The number of aliphatic carboxylic acids is 1. The van der Waals surface area contributed by atoms with Gasteiger partial charge in [-0.25, -0.2) is 4.79 Å². The van der Waals surface area contributed by atoms with Crippen LogP contribution in [0.5, 0.6) is 0 Å². The van der Waals surface area contributed by atoms with Crippen LogP contribution < -0.4 is 0 Å². The van der Waals surface area contributed by atoms with Crippen LogP contribution in [0.15, 0.2) is 12.3 Å². The van der Waals surface area contributed by atoms with Crippen LogP contribution in [0.4, 0.5) is 0 Å². The summed E-state index contributed by atoms with van der Waals surface area (Å²) in [6.07, 6.45) is 0. The number of likely N-dealkylation sites (N-methyl/N-ethyl adjacent to an activating group) is 1. The van der Waals surface area contributed by atoms with Crippen molar-refractivity contribution in [1.82, 2.24) is 4.90 Å². The van der Waals surface area contributed by atoms with Gasteiger partial charge in [-0.15, -0.1) is 0 Å². The Labute approximate surface area is 59.4 Å². The van der Waals surface area contributed by atoms with Crippen LogP contribution in [0.1, 0.15) is 0 Å². The largest absolute Gasteiger partial charge is 0.477 e. The number of aliphatic hydroxyl groups is 1. The van der Waals surface area contributed by atoms with E-state index in [1.54, 1.807) is 7.05 Å². The molecule has 0 heterocycles. The Kier molecular flexibility index (Phi) is 3.49. The number of hydrogen-bond donors (Lipinski definition) is 2. The highest BCUT2D eigenvalue weighted by Crippen LogP contribution is 1.95. The minimum Gasteiger partial charge on any atom is -0.477 e. The monoisotopic (exact) mass is 145 g/mol. The zero-order valence-corrected chi connectivity index (χ0v) is 5.87. The van der Waals surface area contributed by atoms with Crippen molar-refractivity contribution in [3.05, 3.63) is 12.3 Å². The van der Waals surface area contributed by atoms with Crippen LogP contribution in [-0.2, 0) is 4.79 Å². The molecule has 0 aliphatic rings. The van der Waals surface area contributed by atoms with Crippen molar-refractivity contribution < 1.29 is 15.0 Å². The summed E-state index contributed by atoms with van der Waals surface area (Å²) in [7, 11) is 1.56. The van der Waals surface area contributed by atoms with Gasteiger partial charge in [0, 0.05) is 13.6 Å². The second-order valence-corrected chi connectivity index (χ2v) is 1.90. The first kappa shape index (κ1) is 8.97. The van der Waals surface area contributed by atoms with Gasteiger partial charge in [-0.1, -0.05) is 6.58 Å². The van der Waals surface area contributed by atoms with Crippen molar-refractivity contribution >= 4 is 5.97 Å². The van der Waals surface area contributed by atoms with Gasteiger partial charge in [-0.2, -0.15) is 0 Å². The maximum atomic E-state index is 10.2. The van der Waals surface area contributed by atoms with Crippen LogP contribution in [0.3, 0.4) is 0 Å². The highest BCUT2D eigenvalue weighted by Gasteiger charge is 2.07. The minimum atomic E-state index is -1.06. The standard InChI is InChI=1S/C6H11NO3/c1-5(6(9)10)7(2)3-4-8/h8H,1,3-4H2,2H3,(H,9,10). The molecule has 2 N–H and O–H groups in total. The molecule has 0 bridgehead atoms. The van der Waals surface area contributed by atoms with Crippen molar-refractivity contribution in [3.63, 3.8) is 0 Å². The van der Waals surface area contributed by atoms with Crippen LogP contribution in [0.25, 0.3) is 0 Å². The third-order valence-corrected chi connectivity index (χ3v) is 1.14. The molecule has 58 valence electrons. The molecule has 0 unspecified atom stereocenters. The highest BCUT2D eigenvalue weighted by atomic mass is 16.4. The molecule has 0 aliphatic heterocycles. The van der Waals surface area contributed by atoms with Crippen LogP contribution in [0, 0.1) is 0 Å². The fourth-order valence-electron chi connectivity index (χ4n) is 0.448. The zero-order chi connectivity index (χ0) is 8.15. The molecular weight excluding hydrogens is 134 g/mol. The van der Waals surface area contributed by atoms with Crippen molar-refractivity contribution in [2.45, 2.75) is 0 Å². The van der Waals surface area contributed by atoms with Gasteiger partial charge in [0.25, 0.3) is 0 Å². The Balaban J connectivity index is 3.82. The number of hydrogen-bond acceptors (Lipinski definition) is 3. The van der Waals surface area contributed by atoms with Gasteiger partial charge < -0.3 is 15.1 Å². The highest BCUT2D eigenvalue weighted by molar-refractivity contribution is 5.84. The predicted octanol–water partition coefficient (Wildman–Crippen LogP) is -0.491. The summed E-state index contributed by atoms with van der Waals surface area (Å²) in [6.45, 7) is 3.52. The summed E-state index contributed by atoms with van der Waals surface area (Å²) in [6, 6.07) is 0. The average molecular weight is 145 g/mol. The number of rotatable bonds is 4. The molecule has 0 aromatic carbocycles. The lowest BCUT2D eigenvalue weighted by molar-refractivity contribution is -0.134. The summed E-state index contributed by atoms with van der Waals surface area (Å²) >= 11 is 0. The normalized spacial score (nSPS) is 9.00. The molecule has 10 heavy (non-hydrogen) atoms. The minimum absolute atomic E-state index is 0.00551. The summed E-state index contributed by atoms with van der Waals surface area (Å²) in [5.41, 5.74) is -0.00551. The second-order valence-electron chi connectivity index (χ2n) is 1.90. The maximum Gasteiger partial charge on any atom is 0.351 e. The predicted molar refractivity (Wildman–Crippen MR) is 36.5 cm³/mol. The van der Waals surface area contributed by atoms with E-state index in [1.165, 1.54) is 4.90 Å². The zero-order valence-electron chi connectivity index (χ0n) is 5.87. The Morgan fingerprint density at radius 1 is 1.70 bits per heavy atom. The number of nitrogens with zero attached hydrogens (tertiary/aromatic N) is 1. The molecular formula is C6H11NO3. The van der Waals surface area contributed by atoms with Crippen LogP contribution in [-0.4, -0.2) is 41.3 Å². The Morgan fingerprint density at radius 2 is 2.20 bits per heavy atom. The van der Waals surface area contributed by atoms with Crippen LogP contribution >= 0.6 is 0 Å². The van der Waals surface area contributed by atoms with Gasteiger partial charge in [0.2, 0.25) is 0 Å². The maximum absolute atomic E-state index is 10.2. The molecule has 0 rings (SSSR count). The molecule has 0 amide bonds. The fraction of sp³-hybridized carbons (Fsp3) is 0.500. The van der Waals surface area contributed by atoms with Gasteiger partial charge in [0.1, 0.15) is 5.70 Å². The molecule has 0 aliphatic carbocycles. The Bertz CT molecular complexity index is 144. The van der Waals surface area contributed by atoms with Crippen LogP contribution in [0.2, 0.25) is 0 Å². The molecule has 0 aromatic rings. The molecule has 0 radical (unpaired) electrons. The van der Waals surface area contributed by atoms with E-state index in [4.69, 9.17) is 10.2 Å². The smallest absolute Gasteiger partial charge is 0.351 e. The van der Waals surface area contributed by atoms with E-state index in [2.05, 4.69) is 6.58 Å². The van der Waals surface area contributed by atoms with E-state index in [-0.39, 0.29) is 12.3 Å². The lowest BCUT2D eigenvalue weighted by Gasteiger charge is -2.16. The summed E-state index contributed by atoms with van der Waals surface area (Å²) in [4.78, 5) is 11.6. The number of aliphatic hydroxyl groups excluding tert-OH is 1. The third-order valence-electron chi connectivity index (χ3n) is 1.14. The number of carboxylic acids is 1. The molecule has 0 saturated carbocycles. The van der Waals surface area contributed by atoms with Gasteiger partial charge in [0.05, 0.1) is 6.61 Å². The van der Waals surface area contributed by atoms with Gasteiger partial charge >= 0.3 is 5.97 Å². The quantitative estimate of drug-likeness (QED) is 0.524. The molecule has 4 heteroatoms. The lowest BCUT2D eigenvalue weighted by atomic mass is 10.4. The van der Waals surface area contributed by atoms with E-state index in [1.807, 2.05) is 0 Å². The van der Waals surface area contributed by atoms with Crippen molar-refractivity contribution in [1.29, 1.82) is 0 Å². The van der Waals surface area contributed by atoms with E-state index >= 15 is 0 Å². The first-order chi connectivity index (χ1) is 4.59. The molecule has 0 saturated heterocycles. The summed E-state index contributed by atoms with van der Waals surface area (Å²) in [5, 5.41) is 16.7. The van der Waals surface area contributed by atoms with E-state index in [0.717, 1.165) is 0 Å². The van der Waals surface area contributed by atoms with Gasteiger partial charge in [-0.3, -0.25) is 0 Å². The lowest BCUT2D eigenvalue weighted by Crippen LogP contribution is -2.25. The Morgan fingerprint density at radius 3 is 2.50 bits per heavy atom. The molecule has 0 spiro atoms. The van der Waals surface area contributed by atoms with Crippen molar-refractivity contribution in [2.24, 2.45) is 0 Å². The van der Waals surface area contributed by atoms with Crippen molar-refractivity contribution in [3.8, 4) is 0 Å². The summed E-state index contributed by atoms with van der Waals surface area (Å²) in [5.74, 6) is -1.06. The van der Waals surface area contributed by atoms with Gasteiger partial charge in [0.15, 0.2) is 0 Å². The average Bonchev–Trinajstić information content (AvgIpc) is 1.87. The number of carboxylic acid groups (broad SMARTS) is 1. The number of carbonyl (C=O) groups is 1. The van der Waals surface area contributed by atoms with E-state index < -0.39 is 5.97 Å². The molecule has 4 nitrogen and oxygen atoms in total. The van der Waals surface area contributed by atoms with E-state index in [0.29, 0.717) is 6.54 Å². The van der Waals surface area contributed by atoms with Gasteiger partial charge in [-0.05, 0) is 0 Å². The third kappa shape index (κ3) is 2.50. The fourth-order valence-corrected chi connectivity index (χ4v) is 0.448. The topological polar surface area (TPSA) is 60.8 Å². The second kappa shape index (κ2) is 3.90. The first-order valence-corrected chi connectivity index (χ1v) is 2.83.